The van der Waals surface area contributed by atoms with Crippen molar-refractivity contribution in [2.75, 3.05) is 6.54 Å². The molecule has 1 unspecified atom stereocenters. The largest absolute Gasteiger partial charge is 0.353 e. The van der Waals surface area contributed by atoms with Gasteiger partial charge < -0.3 is 9.47 Å². The molecule has 130 valence electrons. The Morgan fingerprint density at radius 2 is 2.28 bits per heavy atom. The number of aryl methyl sites for hydroxylation is 1. The number of amides is 1. The summed E-state index contributed by atoms with van der Waals surface area (Å²) in [6, 6.07) is 6.42. The monoisotopic (exact) mass is 435 g/mol. The lowest BCUT2D eigenvalue weighted by Gasteiger charge is -2.25. The van der Waals surface area contributed by atoms with Crippen molar-refractivity contribution in [1.82, 2.24) is 14.5 Å². The molecule has 0 spiro atoms. The summed E-state index contributed by atoms with van der Waals surface area (Å²) in [6.45, 7) is 0.837. The molecule has 1 fully saturated rings. The fourth-order valence-electron chi connectivity index (χ4n) is 3.38. The molecule has 1 amide bonds. The summed E-state index contributed by atoms with van der Waals surface area (Å²) in [4.78, 5) is 20.7. The maximum Gasteiger partial charge on any atom is 0.229 e. The van der Waals surface area contributed by atoms with Crippen LogP contribution in [-0.4, -0.2) is 26.9 Å². The summed E-state index contributed by atoms with van der Waals surface area (Å²) in [5, 5.41) is 5.05. The molecular weight excluding hydrogens is 418 g/mol. The Morgan fingerprint density at radius 1 is 1.40 bits per heavy atom. The van der Waals surface area contributed by atoms with Crippen LogP contribution < -0.4 is 0 Å². The number of likely N-dealkylation sites (tertiary alicyclic amines) is 1. The molecule has 3 aromatic heterocycles. The number of carbonyl (C=O) groups is 1. The van der Waals surface area contributed by atoms with E-state index in [1.807, 2.05) is 29.6 Å². The highest BCUT2D eigenvalue weighted by molar-refractivity contribution is 9.10. The van der Waals surface area contributed by atoms with Crippen LogP contribution in [0.4, 0.5) is 0 Å². The first-order valence-electron chi connectivity index (χ1n) is 8.21. The topological polar surface area (TPSA) is 38.1 Å². The van der Waals surface area contributed by atoms with Crippen molar-refractivity contribution in [3.63, 3.8) is 0 Å². The molecular formula is C18H18BrN3OS2. The molecule has 1 saturated heterocycles. The van der Waals surface area contributed by atoms with E-state index in [-0.39, 0.29) is 11.9 Å². The second-order valence-electron chi connectivity index (χ2n) is 6.24. The molecule has 0 N–H and O–H groups in total. The molecule has 4 nitrogen and oxygen atoms in total. The van der Waals surface area contributed by atoms with Crippen LogP contribution in [0.3, 0.4) is 0 Å². The quantitative estimate of drug-likeness (QED) is 0.585. The predicted octanol–water partition coefficient (Wildman–Crippen LogP) is 4.88. The minimum atomic E-state index is 0.174. The van der Waals surface area contributed by atoms with Crippen molar-refractivity contribution in [2.45, 2.75) is 25.3 Å². The summed E-state index contributed by atoms with van der Waals surface area (Å²) >= 11 is 6.75. The zero-order chi connectivity index (χ0) is 17.4. The minimum absolute atomic E-state index is 0.174. The molecule has 4 heterocycles. The fourth-order valence-corrected chi connectivity index (χ4v) is 5.70. The summed E-state index contributed by atoms with van der Waals surface area (Å²) in [5.41, 5.74) is 2.08. The Kier molecular flexibility index (Phi) is 4.80. The van der Waals surface area contributed by atoms with Gasteiger partial charge in [0.15, 0.2) is 0 Å². The van der Waals surface area contributed by atoms with Gasteiger partial charge in [0.1, 0.15) is 5.01 Å². The van der Waals surface area contributed by atoms with Crippen molar-refractivity contribution in [2.24, 2.45) is 7.05 Å². The van der Waals surface area contributed by atoms with E-state index < -0.39 is 0 Å². The molecule has 1 aliphatic rings. The molecule has 0 aliphatic carbocycles. The lowest BCUT2D eigenvalue weighted by Crippen LogP contribution is -2.32. The van der Waals surface area contributed by atoms with Gasteiger partial charge in [-0.1, -0.05) is 0 Å². The number of hydrogen-bond donors (Lipinski definition) is 0. The molecule has 3 aromatic rings. The number of carbonyl (C=O) groups excluding carboxylic acids is 1. The molecule has 0 saturated carbocycles. The van der Waals surface area contributed by atoms with E-state index in [0.717, 1.165) is 39.4 Å². The van der Waals surface area contributed by atoms with Gasteiger partial charge in [-0.3, -0.25) is 4.79 Å². The molecule has 0 radical (unpaired) electrons. The Hall–Kier alpha value is -1.44. The van der Waals surface area contributed by atoms with Crippen LogP contribution in [0.1, 0.15) is 30.3 Å². The Bertz CT molecular complexity index is 898. The van der Waals surface area contributed by atoms with E-state index in [1.165, 1.54) is 5.69 Å². The standard InChI is InChI=1S/C18H18BrN3OS2/c1-21-6-2-4-14(21)15-5-3-7-22(15)17(23)9-13-11-25-18(20-13)16-8-12(19)10-24-16/h2,4,6,8,10-11,15H,3,5,7,9H2,1H3. The van der Waals surface area contributed by atoms with Crippen LogP contribution in [0.15, 0.2) is 39.6 Å². The van der Waals surface area contributed by atoms with Crippen LogP contribution in [0.2, 0.25) is 0 Å². The molecule has 7 heteroatoms. The Morgan fingerprint density at radius 3 is 3.00 bits per heavy atom. The predicted molar refractivity (Wildman–Crippen MR) is 106 cm³/mol. The van der Waals surface area contributed by atoms with Gasteiger partial charge in [-0.25, -0.2) is 4.98 Å². The third-order valence-corrected chi connectivity index (χ3v) is 7.31. The third-order valence-electron chi connectivity index (χ3n) is 4.56. The molecule has 0 aromatic carbocycles. The number of hydrogen-bond acceptors (Lipinski definition) is 4. The van der Waals surface area contributed by atoms with E-state index in [4.69, 9.17) is 0 Å². The maximum atomic E-state index is 12.9. The number of halogens is 1. The summed E-state index contributed by atoms with van der Waals surface area (Å²) < 4.78 is 3.19. The van der Waals surface area contributed by atoms with E-state index in [2.05, 4.69) is 43.0 Å². The summed E-state index contributed by atoms with van der Waals surface area (Å²) in [6.07, 6.45) is 4.52. The average Bonchev–Trinajstić information content (AvgIpc) is 3.33. The number of nitrogens with zero attached hydrogens (tertiary/aromatic N) is 3. The molecule has 1 aliphatic heterocycles. The smallest absolute Gasteiger partial charge is 0.229 e. The van der Waals surface area contributed by atoms with Crippen LogP contribution >= 0.6 is 38.6 Å². The summed E-state index contributed by atoms with van der Waals surface area (Å²) in [7, 11) is 2.04. The normalized spacial score (nSPS) is 17.4. The van der Waals surface area contributed by atoms with E-state index >= 15 is 0 Å². The van der Waals surface area contributed by atoms with E-state index in [9.17, 15) is 4.79 Å². The minimum Gasteiger partial charge on any atom is -0.353 e. The van der Waals surface area contributed by atoms with Crippen LogP contribution in [0.25, 0.3) is 9.88 Å². The zero-order valence-electron chi connectivity index (χ0n) is 13.8. The number of thiazole rings is 1. The second-order valence-corrected chi connectivity index (χ2v) is 8.92. The Balaban J connectivity index is 1.48. The Labute approximate surface area is 163 Å². The van der Waals surface area contributed by atoms with Gasteiger partial charge in [-0.15, -0.1) is 22.7 Å². The van der Waals surface area contributed by atoms with E-state index in [1.54, 1.807) is 22.7 Å². The van der Waals surface area contributed by atoms with Gasteiger partial charge in [0.25, 0.3) is 0 Å². The van der Waals surface area contributed by atoms with Crippen molar-refractivity contribution in [3.8, 4) is 9.88 Å². The van der Waals surface area contributed by atoms with Gasteiger partial charge in [0.2, 0.25) is 5.91 Å². The number of aromatic nitrogens is 2. The van der Waals surface area contributed by atoms with Gasteiger partial charge in [-0.2, -0.15) is 0 Å². The fraction of sp³-hybridized carbons (Fsp3) is 0.333. The van der Waals surface area contributed by atoms with Crippen molar-refractivity contribution in [1.29, 1.82) is 0 Å². The third kappa shape index (κ3) is 3.45. The average molecular weight is 436 g/mol. The highest BCUT2D eigenvalue weighted by Crippen LogP contribution is 2.34. The SMILES string of the molecule is Cn1cccc1C1CCCN1C(=O)Cc1csc(-c2cc(Br)cs2)n1. The maximum absolute atomic E-state index is 12.9. The first-order chi connectivity index (χ1) is 12.1. The van der Waals surface area contributed by atoms with Crippen LogP contribution in [0.5, 0.6) is 0 Å². The van der Waals surface area contributed by atoms with Crippen molar-refractivity contribution < 1.29 is 4.79 Å². The lowest BCUT2D eigenvalue weighted by atomic mass is 10.1. The first kappa shape index (κ1) is 17.0. The van der Waals surface area contributed by atoms with Crippen molar-refractivity contribution in [3.05, 3.63) is 51.0 Å². The van der Waals surface area contributed by atoms with Gasteiger partial charge in [0, 0.05) is 40.7 Å². The number of rotatable bonds is 4. The highest BCUT2D eigenvalue weighted by atomic mass is 79.9. The molecule has 1 atom stereocenters. The second kappa shape index (κ2) is 7.05. The van der Waals surface area contributed by atoms with E-state index in [0.29, 0.717) is 6.42 Å². The molecule has 25 heavy (non-hydrogen) atoms. The molecule has 0 bridgehead atoms. The molecule has 4 rings (SSSR count). The van der Waals surface area contributed by atoms with Crippen LogP contribution in [0, 0.1) is 0 Å². The first-order valence-corrected chi connectivity index (χ1v) is 10.8. The summed E-state index contributed by atoms with van der Waals surface area (Å²) in [5.74, 6) is 0.174. The van der Waals surface area contributed by atoms with Gasteiger partial charge in [-0.05, 0) is 47.0 Å². The lowest BCUT2D eigenvalue weighted by molar-refractivity contribution is -0.131. The van der Waals surface area contributed by atoms with Gasteiger partial charge >= 0.3 is 0 Å². The highest BCUT2D eigenvalue weighted by Gasteiger charge is 2.31. The van der Waals surface area contributed by atoms with Crippen molar-refractivity contribution >= 4 is 44.5 Å². The number of thiophene rings is 1. The van der Waals surface area contributed by atoms with Gasteiger partial charge in [0.05, 0.1) is 23.0 Å². The van der Waals surface area contributed by atoms with Crippen LogP contribution in [-0.2, 0) is 18.3 Å². The zero-order valence-corrected chi connectivity index (χ0v) is 17.0.